The van der Waals surface area contributed by atoms with Crippen molar-refractivity contribution in [3.8, 4) is 0 Å². The Morgan fingerprint density at radius 2 is 0.832 bits per heavy atom. The molecule has 4 unspecified atom stereocenters. The molecule has 580 valence electrons. The minimum Gasteiger partial charge on any atom is -0.480 e. The van der Waals surface area contributed by atoms with Gasteiger partial charge >= 0.3 is 5.97 Å². The number of Topliss-reactive ketones (excluding diaryl/α,β-unsaturated/α-hetero) is 3. The number of ketones is 3. The van der Waals surface area contributed by atoms with Crippen LogP contribution in [0.1, 0.15) is 65.7 Å². The third-order valence-corrected chi connectivity index (χ3v) is 19.8. The Morgan fingerprint density at radius 1 is 0.485 bits per heavy atom. The minimum atomic E-state index is -4.80. The maximum atomic E-state index is 17.8. The van der Waals surface area contributed by atoms with Gasteiger partial charge in [0.25, 0.3) is 0 Å². The molecule has 27 N–H and O–H groups in total. The second-order valence-corrected chi connectivity index (χ2v) is 25.9. The number of carbonyl (C=O) groups excluding carboxylic acids is 6. The third kappa shape index (κ3) is 14.6. The molecule has 0 aromatic heterocycles. The van der Waals surface area contributed by atoms with E-state index in [9.17, 15) is 117 Å². The number of carbonyl (C=O) groups is 7. The Hall–Kier alpha value is -4.23. The van der Waals surface area contributed by atoms with E-state index in [1.807, 2.05) is 0 Å². The molecule has 101 heavy (non-hydrogen) atoms. The van der Waals surface area contributed by atoms with Crippen molar-refractivity contribution in [3.63, 3.8) is 0 Å². The largest absolute Gasteiger partial charge is 0.480 e. The van der Waals surface area contributed by atoms with Gasteiger partial charge in [-0.15, -0.1) is 0 Å². The number of nitrogens with zero attached hydrogens (tertiary/aromatic N) is 2. The third-order valence-electron chi connectivity index (χ3n) is 19.8. The van der Waals surface area contributed by atoms with Crippen LogP contribution in [0, 0.1) is 0 Å². The molecule has 33 atom stereocenters. The monoisotopic (exact) mass is 1470 g/mol. The van der Waals surface area contributed by atoms with Crippen LogP contribution in [0.25, 0.3) is 0 Å². The Kier molecular flexibility index (Phi) is 28.4. The van der Waals surface area contributed by atoms with E-state index in [-0.39, 0.29) is 24.3 Å². The molecule has 0 radical (unpaired) electrons. The standard InChI is InChI=1S/C58H95N5O38/c1-19(70)56(47(87)41(84)44(26(16-67)99-56)96-51-38(81)35(78)32(75)23(13-64)93-51)55(54(92)61-22(50(90)91)7-4-5-11-59,29(8-6-12-60)62-30(73)9-10-31(62)74)63(57(20(2)71)48(88)42(85)45(27(17-68)100-57)97-52-39(82)36(79)33(76)24(14-65)94-52)58(21(3)72)49(89)43(86)46(28(18-69)101-58)98-53-40(83)37(80)34(77)25(15-66)95-53/h22-29,32-49,51-53,64-69,75-89H,4-18,59-60H2,1-3H3,(H,61,92)(H,90,91)/t22-,23+,24+,25+,26+,27+,28+,29?,32-,33-,34-,35-,36-,37-,38+,39+,40+,41-,42-,43-,44+,45+,46+,47+,48+,49+,51-,52-,53-,55-,56?,57?,58?/m0/s1. The van der Waals surface area contributed by atoms with Crippen molar-refractivity contribution >= 4 is 41.0 Å². The number of ether oxygens (including phenoxy) is 9. The first-order valence-electron chi connectivity index (χ1n) is 32.5. The second-order valence-electron chi connectivity index (χ2n) is 25.9. The predicted molar refractivity (Wildman–Crippen MR) is 318 cm³/mol. The van der Waals surface area contributed by atoms with E-state index in [4.69, 9.17) is 54.1 Å². The molecule has 7 saturated heterocycles. The van der Waals surface area contributed by atoms with Crippen LogP contribution < -0.4 is 16.8 Å². The van der Waals surface area contributed by atoms with Crippen molar-refractivity contribution in [3.05, 3.63) is 0 Å². The maximum absolute atomic E-state index is 17.8. The SMILES string of the molecule is CC(=O)C1(N(C2(C(C)=O)O[C@H](CO)[C@@H](O[C@@H]3O[C@H](CO)[C@H](O)[C@H](O)[C@H]3O)[C@H](O)[C@H]2O)[C@](C(=O)N[C@@H](CCCCN)C(=O)O)(C(CCCN)N2C(=O)CCC2=O)C2(C(C)=O)O[C@H](CO)[C@@H](O[C@@H]3O[C@H](CO)[C@H](O)[C@H](O)[C@H]3O)[C@H](O)[C@H]2O)O[C@H](CO)[C@@H](O[C@@H]2O[C@H](CO)[C@H](O)[C@H](O)[C@H]2O)[C@H](O)[C@H]1O. The molecule has 0 saturated carbocycles. The van der Waals surface area contributed by atoms with E-state index in [2.05, 4.69) is 5.32 Å². The van der Waals surface area contributed by atoms with E-state index in [1.54, 1.807) is 0 Å². The summed E-state index contributed by atoms with van der Waals surface area (Å²) >= 11 is 0. The summed E-state index contributed by atoms with van der Waals surface area (Å²) in [6, 6.07) is -5.64. The van der Waals surface area contributed by atoms with Gasteiger partial charge in [-0.1, -0.05) is 0 Å². The number of nitrogens with one attached hydrogen (secondary N) is 1. The van der Waals surface area contributed by atoms with Gasteiger partial charge in [-0.3, -0.25) is 33.7 Å². The van der Waals surface area contributed by atoms with E-state index >= 15 is 28.8 Å². The Bertz CT molecular complexity index is 2740. The number of unbranched alkanes of at least 4 members (excludes halogenated alkanes) is 1. The number of carboxylic acids is 1. The van der Waals surface area contributed by atoms with Gasteiger partial charge in [-0.2, -0.15) is 0 Å². The van der Waals surface area contributed by atoms with Crippen molar-refractivity contribution in [2.75, 3.05) is 52.7 Å². The topological polar surface area (TPSA) is 718 Å². The van der Waals surface area contributed by atoms with Crippen LogP contribution in [-0.2, 0) is 76.2 Å². The molecule has 0 aliphatic carbocycles. The fourth-order valence-electron chi connectivity index (χ4n) is 14.6. The number of aliphatic carboxylic acids is 1. The van der Waals surface area contributed by atoms with Gasteiger partial charge in [0.1, 0.15) is 153 Å². The molecule has 3 amide bonds. The van der Waals surface area contributed by atoms with Crippen LogP contribution in [0.4, 0.5) is 0 Å². The lowest BCUT2D eigenvalue weighted by Gasteiger charge is -2.70. The van der Waals surface area contributed by atoms with Crippen molar-refractivity contribution in [1.29, 1.82) is 0 Å². The van der Waals surface area contributed by atoms with Crippen LogP contribution in [-0.4, -0.2) is 416 Å². The molecule has 7 rings (SSSR count). The number of rotatable bonds is 31. The van der Waals surface area contributed by atoms with E-state index in [0.717, 1.165) is 0 Å². The van der Waals surface area contributed by atoms with Crippen LogP contribution in [0.15, 0.2) is 0 Å². The van der Waals surface area contributed by atoms with Gasteiger partial charge < -0.3 is 172 Å². The first-order chi connectivity index (χ1) is 47.5. The molecule has 7 fully saturated rings. The van der Waals surface area contributed by atoms with Crippen LogP contribution in [0.3, 0.4) is 0 Å². The summed E-state index contributed by atoms with van der Waals surface area (Å²) in [4.78, 5) is 110. The average molecular weight is 1470 g/mol. The number of hydrogen-bond donors (Lipinski definition) is 25. The molecule has 7 heterocycles. The zero-order valence-corrected chi connectivity index (χ0v) is 54.8. The van der Waals surface area contributed by atoms with Gasteiger partial charge in [0.15, 0.2) is 47.4 Å². The van der Waals surface area contributed by atoms with Gasteiger partial charge in [0.05, 0.1) is 45.7 Å². The Labute approximate surface area is 573 Å². The second kappa shape index (κ2) is 34.1. The van der Waals surface area contributed by atoms with E-state index in [0.29, 0.717) is 20.8 Å². The number of imide groups is 1. The summed E-state index contributed by atoms with van der Waals surface area (Å²) in [6.45, 7) is -8.59. The number of amides is 3. The molecule has 0 aromatic rings. The molecule has 0 aromatic carbocycles. The molecule has 0 bridgehead atoms. The van der Waals surface area contributed by atoms with Crippen LogP contribution in [0.2, 0.25) is 0 Å². The van der Waals surface area contributed by atoms with Gasteiger partial charge in [0, 0.05) is 12.8 Å². The number of aliphatic hydroxyl groups is 21. The molecular weight excluding hydrogens is 1370 g/mol. The summed E-state index contributed by atoms with van der Waals surface area (Å²) in [5.41, 5.74) is -6.52. The summed E-state index contributed by atoms with van der Waals surface area (Å²) < 4.78 is 53.5. The summed E-state index contributed by atoms with van der Waals surface area (Å²) in [7, 11) is 0. The Balaban J connectivity index is 1.73. The van der Waals surface area contributed by atoms with Crippen LogP contribution in [0.5, 0.6) is 0 Å². The highest BCUT2D eigenvalue weighted by molar-refractivity contribution is 6.07. The van der Waals surface area contributed by atoms with Gasteiger partial charge in [-0.25, -0.2) is 9.69 Å². The first-order valence-corrected chi connectivity index (χ1v) is 32.5. The zero-order chi connectivity index (χ0) is 75.6. The summed E-state index contributed by atoms with van der Waals surface area (Å²) in [5, 5.41) is 257. The number of aliphatic hydroxyl groups excluding tert-OH is 21. The lowest BCUT2D eigenvalue weighted by molar-refractivity contribution is -0.423. The molecular formula is C58H95N5O38. The molecule has 0 spiro atoms. The number of hydrogen-bond acceptors (Lipinski definition) is 40. The Morgan fingerprint density at radius 3 is 1.15 bits per heavy atom. The minimum absolute atomic E-state index is 0.0766. The highest BCUT2D eigenvalue weighted by atomic mass is 16.7. The van der Waals surface area contributed by atoms with E-state index < -0.39 is 324 Å². The lowest BCUT2D eigenvalue weighted by atomic mass is 9.59. The fourth-order valence-corrected chi connectivity index (χ4v) is 14.6. The molecule has 43 nitrogen and oxygen atoms in total. The summed E-state index contributed by atoms with van der Waals surface area (Å²) in [6.07, 6.45) is -75.4. The normalized spacial score (nSPS) is 43.6. The predicted octanol–water partition coefficient (Wildman–Crippen LogP) is -16.2. The number of likely N-dealkylation sites (tertiary alicyclic amines) is 1. The highest BCUT2D eigenvalue weighted by Crippen LogP contribution is 2.58. The number of nitrogens with two attached hydrogens (primary N) is 2. The van der Waals surface area contributed by atoms with Crippen molar-refractivity contribution < 1.29 is 189 Å². The van der Waals surface area contributed by atoms with Gasteiger partial charge in [0.2, 0.25) is 29.2 Å². The van der Waals surface area contributed by atoms with Crippen LogP contribution >= 0.6 is 0 Å². The molecule has 7 aliphatic heterocycles. The summed E-state index contributed by atoms with van der Waals surface area (Å²) in [5.74, 6) is -13.6. The fraction of sp³-hybridized carbons (Fsp3) is 0.879. The van der Waals surface area contributed by atoms with Gasteiger partial charge in [-0.05, 0) is 66.0 Å². The first kappa shape index (κ1) is 84.0. The molecule has 43 heteroatoms. The number of carboxylic acid groups (broad SMARTS) is 1. The van der Waals surface area contributed by atoms with Crippen molar-refractivity contribution in [2.45, 2.75) is 266 Å². The maximum Gasteiger partial charge on any atom is 0.326 e. The smallest absolute Gasteiger partial charge is 0.326 e. The van der Waals surface area contributed by atoms with Crippen molar-refractivity contribution in [1.82, 2.24) is 15.1 Å². The van der Waals surface area contributed by atoms with Crippen molar-refractivity contribution in [2.24, 2.45) is 11.5 Å². The average Bonchev–Trinajstić information content (AvgIpc) is 1.04. The molecule has 7 aliphatic rings. The zero-order valence-electron chi connectivity index (χ0n) is 54.8. The lowest BCUT2D eigenvalue weighted by Crippen LogP contribution is -2.97. The van der Waals surface area contributed by atoms with E-state index in [1.165, 1.54) is 0 Å². The quantitative estimate of drug-likeness (QED) is 0.0226. The highest BCUT2D eigenvalue weighted by Gasteiger charge is 2.85.